The fraction of sp³-hybridized carbons (Fsp3) is 0.103. The number of fused-ring (bicyclic) bond motifs is 3. The van der Waals surface area contributed by atoms with Crippen molar-refractivity contribution in [1.82, 2.24) is 0 Å². The van der Waals surface area contributed by atoms with Crippen molar-refractivity contribution in [3.05, 3.63) is 157 Å². The van der Waals surface area contributed by atoms with Crippen LogP contribution in [0.25, 0.3) is 44.2 Å². The van der Waals surface area contributed by atoms with Crippen LogP contribution in [0.3, 0.4) is 0 Å². The molecule has 5 aromatic rings. The third-order valence-corrected chi connectivity index (χ3v) is 8.03. The number of furan rings is 1. The zero-order valence-electron chi connectivity index (χ0n) is 23.4. The van der Waals surface area contributed by atoms with Crippen LogP contribution in [0.4, 0.5) is 0 Å². The Morgan fingerprint density at radius 2 is 1.73 bits per heavy atom. The highest BCUT2D eigenvalue weighted by Gasteiger charge is 2.19. The molecule has 2 nitrogen and oxygen atoms in total. The summed E-state index contributed by atoms with van der Waals surface area (Å²) in [4.78, 5) is 4.41. The van der Waals surface area contributed by atoms with Gasteiger partial charge in [0.05, 0.1) is 6.04 Å². The van der Waals surface area contributed by atoms with E-state index in [0.717, 1.165) is 50.6 Å². The van der Waals surface area contributed by atoms with E-state index in [-0.39, 0.29) is 6.04 Å². The number of allylic oxidation sites excluding steroid dienone is 6. The van der Waals surface area contributed by atoms with Gasteiger partial charge in [-0.15, -0.1) is 0 Å². The molecule has 2 heteroatoms. The van der Waals surface area contributed by atoms with Crippen molar-refractivity contribution in [2.75, 3.05) is 0 Å². The number of aryl methyl sites for hydroxylation is 1. The average molecular weight is 532 g/mol. The first kappa shape index (κ1) is 26.3. The molecule has 0 spiro atoms. The number of benzene rings is 4. The molecule has 0 aliphatic heterocycles. The predicted octanol–water partition coefficient (Wildman–Crippen LogP) is 10.9. The fourth-order valence-electron chi connectivity index (χ4n) is 6.07. The van der Waals surface area contributed by atoms with Crippen LogP contribution in [0.5, 0.6) is 0 Å². The number of aliphatic imine (C=N–C) groups is 1. The Hall–Kier alpha value is -4.95. The van der Waals surface area contributed by atoms with Gasteiger partial charge in [0, 0.05) is 16.7 Å². The molecule has 1 heterocycles. The van der Waals surface area contributed by atoms with Gasteiger partial charge >= 0.3 is 0 Å². The molecule has 0 amide bonds. The summed E-state index contributed by atoms with van der Waals surface area (Å²) in [5, 5.41) is 2.24. The molecular weight excluding hydrogens is 498 g/mol. The maximum atomic E-state index is 6.52. The Morgan fingerprint density at radius 1 is 0.902 bits per heavy atom. The number of rotatable bonds is 8. The van der Waals surface area contributed by atoms with Crippen LogP contribution >= 0.6 is 0 Å². The fourth-order valence-corrected chi connectivity index (χ4v) is 6.07. The van der Waals surface area contributed by atoms with E-state index >= 15 is 0 Å². The third kappa shape index (κ3) is 4.83. The molecule has 6 rings (SSSR count). The van der Waals surface area contributed by atoms with Gasteiger partial charge in [0.25, 0.3) is 0 Å². The zero-order valence-corrected chi connectivity index (χ0v) is 23.4. The normalized spacial score (nSPS) is 15.7. The Bertz CT molecular complexity index is 1890. The van der Waals surface area contributed by atoms with E-state index in [1.54, 1.807) is 6.08 Å². The number of hydrogen-bond donors (Lipinski definition) is 0. The van der Waals surface area contributed by atoms with Crippen molar-refractivity contribution in [2.45, 2.75) is 25.3 Å². The largest absolute Gasteiger partial charge is 0.456 e. The zero-order chi connectivity index (χ0) is 28.3. The van der Waals surface area contributed by atoms with Crippen LogP contribution in [0.15, 0.2) is 150 Å². The van der Waals surface area contributed by atoms with Crippen LogP contribution in [0.1, 0.15) is 35.1 Å². The van der Waals surface area contributed by atoms with Gasteiger partial charge in [-0.2, -0.15) is 0 Å². The topological polar surface area (TPSA) is 25.5 Å². The smallest absolute Gasteiger partial charge is 0.136 e. The molecule has 1 aromatic heterocycles. The van der Waals surface area contributed by atoms with Gasteiger partial charge in [0.15, 0.2) is 0 Å². The highest BCUT2D eigenvalue weighted by molar-refractivity contribution is 6.13. The molecule has 1 aliphatic carbocycles. The Balaban J connectivity index is 1.49. The van der Waals surface area contributed by atoms with E-state index in [1.165, 1.54) is 22.3 Å². The molecule has 0 fully saturated rings. The number of hydrogen-bond acceptors (Lipinski definition) is 2. The minimum atomic E-state index is -0.217. The molecule has 4 aromatic carbocycles. The van der Waals surface area contributed by atoms with Crippen molar-refractivity contribution >= 4 is 28.7 Å². The Labute approximate surface area is 242 Å². The van der Waals surface area contributed by atoms with Crippen molar-refractivity contribution in [3.63, 3.8) is 0 Å². The van der Waals surface area contributed by atoms with Crippen molar-refractivity contribution < 1.29 is 4.42 Å². The standard InChI is InChI=1S/C39H33NO/c1-5-14-27(6-2)39(40-4)30-18-12-17-29(24-30)32-21-13-22-36-38(32)35-23-26(3)34(25-37(35)41-36)33-20-11-10-19-31(33)28-15-8-7-9-16-28/h5-15,17-25,28,39H,1-2,4,16H2,3H3/b27-14+. The predicted molar refractivity (Wildman–Crippen MR) is 176 cm³/mol. The van der Waals surface area contributed by atoms with Crippen molar-refractivity contribution in [3.8, 4) is 22.3 Å². The van der Waals surface area contributed by atoms with E-state index in [2.05, 4.69) is 135 Å². The number of nitrogens with zero attached hydrogens (tertiary/aromatic N) is 1. The molecule has 0 bridgehead atoms. The molecule has 0 saturated heterocycles. The van der Waals surface area contributed by atoms with Gasteiger partial charge in [-0.05, 0) is 88.8 Å². The molecule has 1 aliphatic rings. The Morgan fingerprint density at radius 3 is 2.51 bits per heavy atom. The molecule has 2 unspecified atom stereocenters. The summed E-state index contributed by atoms with van der Waals surface area (Å²) in [6.45, 7) is 13.9. The SMILES string of the molecule is C=C/C=C(\C=C)C(N=C)c1cccc(-c2cccc3oc4cc(-c5ccccc5C5C=CC=CC5)c(C)cc4c23)c1. The highest BCUT2D eigenvalue weighted by Crippen LogP contribution is 2.42. The van der Waals surface area contributed by atoms with Gasteiger partial charge in [-0.25, -0.2) is 0 Å². The lowest BCUT2D eigenvalue weighted by atomic mass is 9.85. The first-order valence-electron chi connectivity index (χ1n) is 14.0. The maximum Gasteiger partial charge on any atom is 0.136 e. The lowest BCUT2D eigenvalue weighted by Gasteiger charge is -2.19. The van der Waals surface area contributed by atoms with Gasteiger partial charge in [-0.1, -0.05) is 110 Å². The molecule has 41 heavy (non-hydrogen) atoms. The quantitative estimate of drug-likeness (QED) is 0.144. The van der Waals surface area contributed by atoms with Crippen molar-refractivity contribution in [1.29, 1.82) is 0 Å². The lowest BCUT2D eigenvalue weighted by molar-refractivity contribution is 0.669. The summed E-state index contributed by atoms with van der Waals surface area (Å²) in [6.07, 6.45) is 15.3. The van der Waals surface area contributed by atoms with Gasteiger partial charge < -0.3 is 4.42 Å². The summed E-state index contributed by atoms with van der Waals surface area (Å²) < 4.78 is 6.52. The maximum absolute atomic E-state index is 6.52. The minimum Gasteiger partial charge on any atom is -0.456 e. The highest BCUT2D eigenvalue weighted by atomic mass is 16.3. The van der Waals surface area contributed by atoms with Crippen LogP contribution in [0.2, 0.25) is 0 Å². The first-order valence-corrected chi connectivity index (χ1v) is 14.0. The molecule has 200 valence electrons. The lowest BCUT2D eigenvalue weighted by Crippen LogP contribution is -1.99. The summed E-state index contributed by atoms with van der Waals surface area (Å²) in [6, 6.07) is 27.8. The summed E-state index contributed by atoms with van der Waals surface area (Å²) in [5.41, 5.74) is 11.1. The van der Waals surface area contributed by atoms with Crippen LogP contribution < -0.4 is 0 Å². The second-order valence-corrected chi connectivity index (χ2v) is 10.5. The van der Waals surface area contributed by atoms with E-state index in [9.17, 15) is 0 Å². The third-order valence-electron chi connectivity index (χ3n) is 8.03. The van der Waals surface area contributed by atoms with Gasteiger partial charge in [0.1, 0.15) is 11.2 Å². The monoisotopic (exact) mass is 531 g/mol. The second kappa shape index (κ2) is 11.3. The Kier molecular flexibility index (Phi) is 7.22. The molecule has 2 atom stereocenters. The second-order valence-electron chi connectivity index (χ2n) is 10.5. The summed E-state index contributed by atoms with van der Waals surface area (Å²) >= 11 is 0. The van der Waals surface area contributed by atoms with Crippen LogP contribution in [0, 0.1) is 6.92 Å². The molecule has 0 N–H and O–H groups in total. The summed E-state index contributed by atoms with van der Waals surface area (Å²) in [5.74, 6) is 0.373. The van der Waals surface area contributed by atoms with Gasteiger partial charge in [-0.3, -0.25) is 4.99 Å². The van der Waals surface area contributed by atoms with E-state index < -0.39 is 0 Å². The van der Waals surface area contributed by atoms with E-state index in [1.807, 2.05) is 12.2 Å². The average Bonchev–Trinajstić information content (AvgIpc) is 3.38. The van der Waals surface area contributed by atoms with E-state index in [4.69, 9.17) is 4.42 Å². The minimum absolute atomic E-state index is 0.217. The molecular formula is C39H33NO. The van der Waals surface area contributed by atoms with Crippen LogP contribution in [-0.2, 0) is 0 Å². The van der Waals surface area contributed by atoms with Crippen molar-refractivity contribution in [2.24, 2.45) is 4.99 Å². The van der Waals surface area contributed by atoms with Gasteiger partial charge in [0.2, 0.25) is 0 Å². The van der Waals surface area contributed by atoms with Crippen LogP contribution in [-0.4, -0.2) is 6.72 Å². The molecule has 0 saturated carbocycles. The molecule has 0 radical (unpaired) electrons. The summed E-state index contributed by atoms with van der Waals surface area (Å²) in [7, 11) is 0. The first-order chi connectivity index (χ1) is 20.1. The van der Waals surface area contributed by atoms with E-state index in [0.29, 0.717) is 5.92 Å².